The first-order valence-electron chi connectivity index (χ1n) is 10.7. The Morgan fingerprint density at radius 3 is 2.33 bits per heavy atom. The molecule has 0 saturated heterocycles. The molecule has 0 saturated carbocycles. The molecule has 36 heavy (non-hydrogen) atoms. The molecular weight excluding hydrogens is 545 g/mol. The van der Waals surface area contributed by atoms with Gasteiger partial charge in [-0.05, 0) is 43.3 Å². The fourth-order valence-corrected chi connectivity index (χ4v) is 6.19. The Labute approximate surface area is 222 Å². The first-order chi connectivity index (χ1) is 17.1. The molecule has 0 atom stereocenters. The first kappa shape index (κ1) is 27.8. The van der Waals surface area contributed by atoms with E-state index in [1.165, 1.54) is 45.3 Å². The van der Waals surface area contributed by atoms with Crippen LogP contribution in [0.15, 0.2) is 71.6 Å². The van der Waals surface area contributed by atoms with Crippen molar-refractivity contribution in [3.05, 3.63) is 82.1 Å². The van der Waals surface area contributed by atoms with Gasteiger partial charge >= 0.3 is 5.97 Å². The highest BCUT2D eigenvalue weighted by Gasteiger charge is 2.23. The molecule has 0 aliphatic rings. The maximum atomic E-state index is 13.0. The number of fused-ring (bicyclic) bond motifs is 1. The maximum Gasteiger partial charge on any atom is 0.326 e. The first-order valence-corrected chi connectivity index (χ1v) is 13.7. The normalized spacial score (nSPS) is 12.2. The lowest BCUT2D eigenvalue weighted by Crippen LogP contribution is -2.31. The molecule has 0 radical (unpaired) electrons. The number of thiazole rings is 1. The van der Waals surface area contributed by atoms with Crippen molar-refractivity contribution in [2.75, 3.05) is 19.7 Å². The summed E-state index contributed by atoms with van der Waals surface area (Å²) in [6.45, 7) is 9.05. The van der Waals surface area contributed by atoms with Gasteiger partial charge in [0.2, 0.25) is 10.0 Å². The summed E-state index contributed by atoms with van der Waals surface area (Å²) in [5.74, 6) is -1.15. The fraction of sp³-hybridized carbons (Fsp3) is 0.208. The Morgan fingerprint density at radius 1 is 1.11 bits per heavy atom. The summed E-state index contributed by atoms with van der Waals surface area (Å²) < 4.78 is 34.2. The van der Waals surface area contributed by atoms with Crippen molar-refractivity contribution in [2.45, 2.75) is 18.4 Å². The van der Waals surface area contributed by atoms with Crippen LogP contribution < -0.4 is 4.80 Å². The Balaban J connectivity index is 2.02. The molecule has 1 amide bonds. The van der Waals surface area contributed by atoms with Gasteiger partial charge in [-0.2, -0.15) is 9.30 Å². The number of rotatable bonds is 10. The van der Waals surface area contributed by atoms with Gasteiger partial charge in [0.1, 0.15) is 6.54 Å². The number of hydrogen-bond donors (Lipinski definition) is 0. The van der Waals surface area contributed by atoms with Gasteiger partial charge in [0.15, 0.2) is 4.80 Å². The Morgan fingerprint density at radius 2 is 1.75 bits per heavy atom. The molecule has 8 nitrogen and oxygen atoms in total. The molecule has 0 fully saturated rings. The molecule has 0 aliphatic heterocycles. The highest BCUT2D eigenvalue weighted by molar-refractivity contribution is 7.89. The van der Waals surface area contributed by atoms with Gasteiger partial charge < -0.3 is 9.30 Å². The monoisotopic (exact) mass is 567 g/mol. The van der Waals surface area contributed by atoms with Crippen LogP contribution in [0.25, 0.3) is 10.2 Å². The largest absolute Gasteiger partial charge is 0.465 e. The van der Waals surface area contributed by atoms with E-state index in [0.717, 1.165) is 11.3 Å². The lowest BCUT2D eigenvalue weighted by Gasteiger charge is -2.19. The minimum absolute atomic E-state index is 0.0170. The number of halogens is 2. The predicted molar refractivity (Wildman–Crippen MR) is 142 cm³/mol. The average Bonchev–Trinajstić information content (AvgIpc) is 3.18. The van der Waals surface area contributed by atoms with Crippen molar-refractivity contribution in [1.82, 2.24) is 8.87 Å². The van der Waals surface area contributed by atoms with Crippen LogP contribution in [-0.2, 0) is 26.1 Å². The van der Waals surface area contributed by atoms with Crippen molar-refractivity contribution < 1.29 is 22.7 Å². The minimum atomic E-state index is -3.81. The number of nitrogens with zero attached hydrogens (tertiary/aromatic N) is 3. The van der Waals surface area contributed by atoms with Crippen LogP contribution in [0.1, 0.15) is 17.3 Å². The van der Waals surface area contributed by atoms with E-state index >= 15 is 0 Å². The van der Waals surface area contributed by atoms with Gasteiger partial charge in [0.05, 0.1) is 31.8 Å². The topological polar surface area (TPSA) is 98.0 Å². The number of amides is 1. The molecule has 3 aromatic rings. The average molecular weight is 569 g/mol. The smallest absolute Gasteiger partial charge is 0.326 e. The molecule has 0 unspecified atom stereocenters. The van der Waals surface area contributed by atoms with Crippen LogP contribution >= 0.6 is 34.5 Å². The molecule has 1 aromatic heterocycles. The van der Waals surface area contributed by atoms with E-state index in [2.05, 4.69) is 18.2 Å². The van der Waals surface area contributed by atoms with Gasteiger partial charge in [0, 0.05) is 18.7 Å². The highest BCUT2D eigenvalue weighted by Crippen LogP contribution is 2.32. The quantitative estimate of drug-likeness (QED) is 0.262. The van der Waals surface area contributed by atoms with E-state index in [1.54, 1.807) is 19.1 Å². The third kappa shape index (κ3) is 5.96. The van der Waals surface area contributed by atoms with E-state index in [4.69, 9.17) is 27.9 Å². The van der Waals surface area contributed by atoms with Crippen molar-refractivity contribution in [3.63, 3.8) is 0 Å². The van der Waals surface area contributed by atoms with Crippen LogP contribution in [-0.4, -0.2) is 48.9 Å². The van der Waals surface area contributed by atoms with E-state index < -0.39 is 21.9 Å². The molecule has 2 aromatic carbocycles. The van der Waals surface area contributed by atoms with Crippen LogP contribution in [0.3, 0.4) is 0 Å². The third-order valence-electron chi connectivity index (χ3n) is 4.93. The Bertz CT molecular complexity index is 1480. The van der Waals surface area contributed by atoms with E-state index in [1.807, 2.05) is 0 Å². The van der Waals surface area contributed by atoms with E-state index in [-0.39, 0.29) is 51.5 Å². The number of sulfonamides is 1. The SMILES string of the molecule is C=CCN(CC=C)S(=O)(=O)c1ccc(C(=O)N=c2sc3ccc(Cl)c(Cl)c3n2CC(=O)OCC)cc1. The lowest BCUT2D eigenvalue weighted by atomic mass is 10.2. The number of hydrogen-bond acceptors (Lipinski definition) is 6. The van der Waals surface area contributed by atoms with Crippen LogP contribution in [0.4, 0.5) is 0 Å². The summed E-state index contributed by atoms with van der Waals surface area (Å²) in [6, 6.07) is 8.77. The number of ether oxygens (including phenoxy) is 1. The van der Waals surface area contributed by atoms with Gasteiger partial charge in [-0.3, -0.25) is 9.59 Å². The summed E-state index contributed by atoms with van der Waals surface area (Å²) in [4.78, 5) is 29.6. The second-order valence-corrected chi connectivity index (χ2v) is 11.1. The standard InChI is InChI=1S/C24H23Cl2N3O5S2/c1-4-13-28(14-5-2)36(32,33)17-9-7-16(8-10-17)23(31)27-24-29(15-20(30)34-6-3)22-19(35-24)12-11-18(25)21(22)26/h4-5,7-12H,1-2,6,13-15H2,3H3. The molecule has 12 heteroatoms. The molecule has 0 aliphatic carbocycles. The lowest BCUT2D eigenvalue weighted by molar-refractivity contribution is -0.143. The number of aromatic nitrogens is 1. The zero-order valence-corrected chi connectivity index (χ0v) is 22.5. The maximum absolute atomic E-state index is 13.0. The van der Waals surface area contributed by atoms with Crippen molar-refractivity contribution >= 4 is 66.7 Å². The number of carbonyl (C=O) groups excluding carboxylic acids is 2. The number of benzene rings is 2. The zero-order chi connectivity index (χ0) is 26.5. The summed E-state index contributed by atoms with van der Waals surface area (Å²) in [5, 5.41) is 0.512. The van der Waals surface area contributed by atoms with Crippen molar-refractivity contribution in [1.29, 1.82) is 0 Å². The molecule has 1 heterocycles. The second kappa shape index (κ2) is 12.0. The van der Waals surface area contributed by atoms with Crippen LogP contribution in [0, 0.1) is 0 Å². The molecular formula is C24H23Cl2N3O5S2. The van der Waals surface area contributed by atoms with E-state index in [0.29, 0.717) is 10.2 Å². The molecule has 0 bridgehead atoms. The summed E-state index contributed by atoms with van der Waals surface area (Å²) in [5.41, 5.74) is 0.622. The summed E-state index contributed by atoms with van der Waals surface area (Å²) >= 11 is 13.7. The van der Waals surface area contributed by atoms with Gasteiger partial charge in [-0.15, -0.1) is 13.2 Å². The van der Waals surface area contributed by atoms with Gasteiger partial charge in [0.25, 0.3) is 5.91 Å². The van der Waals surface area contributed by atoms with Crippen LogP contribution in [0.5, 0.6) is 0 Å². The second-order valence-electron chi connectivity index (χ2n) is 7.32. The van der Waals surface area contributed by atoms with Crippen LogP contribution in [0.2, 0.25) is 10.0 Å². The Kier molecular flexibility index (Phi) is 9.26. The summed E-state index contributed by atoms with van der Waals surface area (Å²) in [6.07, 6.45) is 2.96. The summed E-state index contributed by atoms with van der Waals surface area (Å²) in [7, 11) is -3.81. The molecule has 3 rings (SSSR count). The minimum Gasteiger partial charge on any atom is -0.465 e. The fourth-order valence-electron chi connectivity index (χ4n) is 3.30. The van der Waals surface area contributed by atoms with E-state index in [9.17, 15) is 18.0 Å². The third-order valence-corrected chi connectivity index (χ3v) is 8.61. The van der Waals surface area contributed by atoms with Crippen molar-refractivity contribution in [2.24, 2.45) is 4.99 Å². The van der Waals surface area contributed by atoms with Crippen molar-refractivity contribution in [3.8, 4) is 0 Å². The molecule has 0 spiro atoms. The number of esters is 1. The molecule has 0 N–H and O–H groups in total. The zero-order valence-electron chi connectivity index (χ0n) is 19.3. The van der Waals surface area contributed by atoms with Gasteiger partial charge in [-0.25, -0.2) is 8.42 Å². The molecule has 190 valence electrons. The Hall–Kier alpha value is -2.76. The number of carbonyl (C=O) groups is 2. The predicted octanol–water partition coefficient (Wildman–Crippen LogP) is 4.68. The highest BCUT2D eigenvalue weighted by atomic mass is 35.5. The van der Waals surface area contributed by atoms with Gasteiger partial charge in [-0.1, -0.05) is 46.7 Å².